The van der Waals surface area contributed by atoms with Crippen molar-refractivity contribution in [2.24, 2.45) is 5.73 Å². The van der Waals surface area contributed by atoms with E-state index in [2.05, 4.69) is 39.8 Å². The second-order valence-electron chi connectivity index (χ2n) is 6.89. The van der Waals surface area contributed by atoms with Crippen molar-refractivity contribution in [3.8, 4) is 0 Å². The van der Waals surface area contributed by atoms with Gasteiger partial charge in [-0.05, 0) is 53.9 Å². The van der Waals surface area contributed by atoms with Gasteiger partial charge < -0.3 is 10.5 Å². The molecule has 1 aromatic carbocycles. The molecule has 2 rings (SSSR count). The lowest BCUT2D eigenvalue weighted by atomic mass is 9.81. The maximum Gasteiger partial charge on any atom is 0.0727 e. The fraction of sp³-hybridized carbons (Fsp3) is 0.647. The summed E-state index contributed by atoms with van der Waals surface area (Å²) in [4.78, 5) is 0. The minimum Gasteiger partial charge on any atom is -0.372 e. The van der Waals surface area contributed by atoms with Crippen molar-refractivity contribution < 1.29 is 4.74 Å². The van der Waals surface area contributed by atoms with Gasteiger partial charge in [-0.3, -0.25) is 0 Å². The van der Waals surface area contributed by atoms with E-state index in [-0.39, 0.29) is 5.41 Å². The lowest BCUT2D eigenvalue weighted by Gasteiger charge is -2.23. The Labute approximate surface area is 117 Å². The van der Waals surface area contributed by atoms with Gasteiger partial charge in [0.25, 0.3) is 0 Å². The lowest BCUT2D eigenvalue weighted by molar-refractivity contribution is 0.134. The summed E-state index contributed by atoms with van der Waals surface area (Å²) in [6.45, 7) is 10.5. The van der Waals surface area contributed by atoms with Crippen molar-refractivity contribution in [2.45, 2.75) is 71.6 Å². The molecule has 0 unspecified atom stereocenters. The van der Waals surface area contributed by atoms with Crippen molar-refractivity contribution >= 4 is 0 Å². The summed E-state index contributed by atoms with van der Waals surface area (Å²) < 4.78 is 5.63. The molecule has 0 amide bonds. The Morgan fingerprint density at radius 2 is 2.00 bits per heavy atom. The average molecular weight is 261 g/mol. The molecule has 2 heteroatoms. The first-order chi connectivity index (χ1) is 8.88. The third kappa shape index (κ3) is 3.58. The van der Waals surface area contributed by atoms with Crippen LogP contribution in [0, 0.1) is 0 Å². The second kappa shape index (κ2) is 5.64. The Morgan fingerprint density at radius 3 is 2.63 bits per heavy atom. The lowest BCUT2D eigenvalue weighted by Crippen LogP contribution is -2.16. The summed E-state index contributed by atoms with van der Waals surface area (Å²) in [7, 11) is 0. The second-order valence-corrected chi connectivity index (χ2v) is 6.89. The largest absolute Gasteiger partial charge is 0.372 e. The van der Waals surface area contributed by atoms with Gasteiger partial charge in [0, 0.05) is 6.04 Å². The number of ether oxygens (including phenoxy) is 1. The molecule has 0 aliphatic carbocycles. The smallest absolute Gasteiger partial charge is 0.0727 e. The molecular formula is C17H27NO. The van der Waals surface area contributed by atoms with Crippen LogP contribution in [0.2, 0.25) is 0 Å². The molecule has 1 aliphatic rings. The predicted molar refractivity (Wildman–Crippen MR) is 80.2 cm³/mol. The highest BCUT2D eigenvalue weighted by Gasteiger charge is 2.24. The zero-order chi connectivity index (χ0) is 14.0. The van der Waals surface area contributed by atoms with Crippen molar-refractivity contribution in [2.75, 3.05) is 0 Å². The minimum absolute atomic E-state index is 0.189. The SMILES string of the molecule is C[C@H](N)CCCc1cc2c(c(C(C)(C)C)c1)COC2. The van der Waals surface area contributed by atoms with E-state index >= 15 is 0 Å². The Hall–Kier alpha value is -0.860. The third-order valence-corrected chi connectivity index (χ3v) is 3.84. The molecule has 0 saturated heterocycles. The summed E-state index contributed by atoms with van der Waals surface area (Å²) in [5.41, 5.74) is 11.7. The molecule has 2 nitrogen and oxygen atoms in total. The molecule has 19 heavy (non-hydrogen) atoms. The van der Waals surface area contributed by atoms with Gasteiger partial charge in [-0.25, -0.2) is 0 Å². The normalized spacial score (nSPS) is 16.5. The number of nitrogens with two attached hydrogens (primary N) is 1. The zero-order valence-electron chi connectivity index (χ0n) is 12.8. The first kappa shape index (κ1) is 14.5. The van der Waals surface area contributed by atoms with Crippen LogP contribution in [-0.4, -0.2) is 6.04 Å². The molecule has 1 aromatic rings. The van der Waals surface area contributed by atoms with Gasteiger partial charge in [0.15, 0.2) is 0 Å². The standard InChI is InChI=1S/C17H27NO/c1-12(18)6-5-7-13-8-14-10-19-11-15(14)16(9-13)17(2,3)4/h8-9,12H,5-7,10-11,18H2,1-4H3/t12-/m0/s1. The molecule has 0 radical (unpaired) electrons. The minimum atomic E-state index is 0.189. The molecule has 0 aromatic heterocycles. The molecule has 1 aliphatic heterocycles. The molecule has 1 atom stereocenters. The van der Waals surface area contributed by atoms with Crippen LogP contribution >= 0.6 is 0 Å². The quantitative estimate of drug-likeness (QED) is 0.897. The maximum absolute atomic E-state index is 5.83. The van der Waals surface area contributed by atoms with Gasteiger partial charge in [-0.2, -0.15) is 0 Å². The molecule has 2 N–H and O–H groups in total. The summed E-state index contributed by atoms with van der Waals surface area (Å²) in [6.07, 6.45) is 3.39. The van der Waals surface area contributed by atoms with Gasteiger partial charge in [0.2, 0.25) is 0 Å². The predicted octanol–water partition coefficient (Wildman–Crippen LogP) is 3.68. The van der Waals surface area contributed by atoms with Crippen molar-refractivity contribution in [3.05, 3.63) is 34.4 Å². The van der Waals surface area contributed by atoms with Crippen LogP contribution in [0.1, 0.15) is 62.8 Å². The molecule has 0 bridgehead atoms. The van der Waals surface area contributed by atoms with E-state index in [1.54, 1.807) is 0 Å². The van der Waals surface area contributed by atoms with Crippen molar-refractivity contribution in [1.29, 1.82) is 0 Å². The third-order valence-electron chi connectivity index (χ3n) is 3.84. The maximum atomic E-state index is 5.83. The van der Waals surface area contributed by atoms with Crippen LogP contribution in [0.4, 0.5) is 0 Å². The van der Waals surface area contributed by atoms with Gasteiger partial charge >= 0.3 is 0 Å². The van der Waals surface area contributed by atoms with Crippen LogP contribution in [0.15, 0.2) is 12.1 Å². The number of fused-ring (bicyclic) bond motifs is 1. The molecule has 0 saturated carbocycles. The van der Waals surface area contributed by atoms with Crippen LogP contribution in [0.25, 0.3) is 0 Å². The van der Waals surface area contributed by atoms with E-state index in [1.165, 1.54) is 28.7 Å². The fourth-order valence-corrected chi connectivity index (χ4v) is 2.80. The highest BCUT2D eigenvalue weighted by Crippen LogP contribution is 2.33. The molecule has 0 fully saturated rings. The first-order valence-electron chi connectivity index (χ1n) is 7.36. The van der Waals surface area contributed by atoms with Crippen molar-refractivity contribution in [1.82, 2.24) is 0 Å². The van der Waals surface area contributed by atoms with E-state index in [1.807, 2.05) is 0 Å². The van der Waals surface area contributed by atoms with Crippen LogP contribution in [0.5, 0.6) is 0 Å². The number of benzene rings is 1. The van der Waals surface area contributed by atoms with E-state index < -0.39 is 0 Å². The van der Waals surface area contributed by atoms with Gasteiger partial charge in [-0.1, -0.05) is 32.9 Å². The van der Waals surface area contributed by atoms with Crippen molar-refractivity contribution in [3.63, 3.8) is 0 Å². The zero-order valence-corrected chi connectivity index (χ0v) is 12.8. The summed E-state index contributed by atoms with van der Waals surface area (Å²) in [6, 6.07) is 5.02. The van der Waals surface area contributed by atoms with E-state index in [0.717, 1.165) is 26.1 Å². The van der Waals surface area contributed by atoms with Gasteiger partial charge in [-0.15, -0.1) is 0 Å². The topological polar surface area (TPSA) is 35.2 Å². The highest BCUT2D eigenvalue weighted by atomic mass is 16.5. The number of hydrogen-bond acceptors (Lipinski definition) is 2. The van der Waals surface area contributed by atoms with E-state index in [4.69, 9.17) is 10.5 Å². The van der Waals surface area contributed by atoms with Crippen LogP contribution in [0.3, 0.4) is 0 Å². The summed E-state index contributed by atoms with van der Waals surface area (Å²) >= 11 is 0. The number of hydrogen-bond donors (Lipinski definition) is 1. The summed E-state index contributed by atoms with van der Waals surface area (Å²) in [5.74, 6) is 0. The number of rotatable bonds is 4. The molecule has 106 valence electrons. The van der Waals surface area contributed by atoms with E-state index in [9.17, 15) is 0 Å². The molecular weight excluding hydrogens is 234 g/mol. The van der Waals surface area contributed by atoms with Crippen LogP contribution < -0.4 is 5.73 Å². The molecule has 0 spiro atoms. The monoisotopic (exact) mass is 261 g/mol. The molecule has 1 heterocycles. The Balaban J connectivity index is 2.22. The average Bonchev–Trinajstić information content (AvgIpc) is 2.73. The highest BCUT2D eigenvalue weighted by molar-refractivity contribution is 5.43. The van der Waals surface area contributed by atoms with Gasteiger partial charge in [0.05, 0.1) is 13.2 Å². The fourth-order valence-electron chi connectivity index (χ4n) is 2.80. The Bertz CT molecular complexity index is 443. The van der Waals surface area contributed by atoms with Gasteiger partial charge in [0.1, 0.15) is 0 Å². The Kier molecular flexibility index (Phi) is 4.32. The van der Waals surface area contributed by atoms with Crippen LogP contribution in [-0.2, 0) is 29.8 Å². The van der Waals surface area contributed by atoms with E-state index in [0.29, 0.717) is 6.04 Å². The number of aryl methyl sites for hydroxylation is 1. The Morgan fingerprint density at radius 1 is 1.26 bits per heavy atom. The summed E-state index contributed by atoms with van der Waals surface area (Å²) in [5, 5.41) is 0. The first-order valence-corrected chi connectivity index (χ1v) is 7.36.